The highest BCUT2D eigenvalue weighted by Gasteiger charge is 1.94. The summed E-state index contributed by atoms with van der Waals surface area (Å²) >= 11 is 0. The van der Waals surface area contributed by atoms with Gasteiger partial charge in [0.15, 0.2) is 0 Å². The van der Waals surface area contributed by atoms with Crippen molar-refractivity contribution in [3.8, 4) is 0 Å². The standard InChI is InChI=1S/C12H25NO.C5H13N.C3H6O2/c1-2-3-4-5-6-7-8-9-10-11-12(13)14;1-4-5-6(2)3;1-2-3(4)5/h2-11H2,1H3,(H2,13,14);4-5H2,1-3H3;2H2,1H3,(H,4,5). The molecule has 5 nitrogen and oxygen atoms in total. The van der Waals surface area contributed by atoms with Crippen molar-refractivity contribution in [2.75, 3.05) is 20.6 Å². The topological polar surface area (TPSA) is 83.6 Å². The van der Waals surface area contributed by atoms with Crippen molar-refractivity contribution in [1.29, 1.82) is 0 Å². The molecule has 0 heterocycles. The Morgan fingerprint density at radius 1 is 0.800 bits per heavy atom. The Balaban J connectivity index is -0.000000362. The van der Waals surface area contributed by atoms with Crippen molar-refractivity contribution in [2.24, 2.45) is 5.73 Å². The fourth-order valence-electron chi connectivity index (χ4n) is 2.06. The van der Waals surface area contributed by atoms with Crippen molar-refractivity contribution in [3.05, 3.63) is 0 Å². The van der Waals surface area contributed by atoms with Gasteiger partial charge in [0, 0.05) is 12.8 Å². The van der Waals surface area contributed by atoms with Crippen LogP contribution in [-0.4, -0.2) is 42.5 Å². The molecule has 0 rings (SSSR count). The van der Waals surface area contributed by atoms with E-state index in [1.807, 2.05) is 0 Å². The van der Waals surface area contributed by atoms with E-state index in [1.54, 1.807) is 6.92 Å². The summed E-state index contributed by atoms with van der Waals surface area (Å²) in [5.41, 5.74) is 5.05. The second-order valence-electron chi connectivity index (χ2n) is 6.60. The minimum Gasteiger partial charge on any atom is -0.481 e. The number of primary amides is 1. The molecule has 152 valence electrons. The van der Waals surface area contributed by atoms with Crippen molar-refractivity contribution in [2.45, 2.75) is 97.8 Å². The molecule has 0 saturated carbocycles. The lowest BCUT2D eigenvalue weighted by Gasteiger charge is -2.03. The molecule has 0 atom stereocenters. The summed E-state index contributed by atoms with van der Waals surface area (Å²) in [5.74, 6) is -0.905. The maximum Gasteiger partial charge on any atom is 0.303 e. The van der Waals surface area contributed by atoms with Crippen LogP contribution >= 0.6 is 0 Å². The molecule has 0 saturated heterocycles. The van der Waals surface area contributed by atoms with Gasteiger partial charge in [0.25, 0.3) is 0 Å². The number of hydrogen-bond acceptors (Lipinski definition) is 3. The zero-order valence-corrected chi connectivity index (χ0v) is 17.5. The predicted octanol–water partition coefficient (Wildman–Crippen LogP) is 4.83. The first-order valence-corrected chi connectivity index (χ1v) is 9.96. The molecule has 3 N–H and O–H groups in total. The molecule has 0 fully saturated rings. The smallest absolute Gasteiger partial charge is 0.303 e. The van der Waals surface area contributed by atoms with Gasteiger partial charge in [0.2, 0.25) is 5.91 Å². The number of aliphatic carboxylic acids is 1. The van der Waals surface area contributed by atoms with Gasteiger partial charge in [0.1, 0.15) is 0 Å². The first-order valence-electron chi connectivity index (χ1n) is 9.96. The van der Waals surface area contributed by atoms with Gasteiger partial charge in [-0.15, -0.1) is 0 Å². The van der Waals surface area contributed by atoms with E-state index < -0.39 is 5.97 Å². The molecule has 5 heteroatoms. The molecule has 25 heavy (non-hydrogen) atoms. The molecule has 0 unspecified atom stereocenters. The normalized spacial score (nSPS) is 9.68. The van der Waals surface area contributed by atoms with Gasteiger partial charge in [-0.1, -0.05) is 72.1 Å². The highest BCUT2D eigenvalue weighted by Crippen LogP contribution is 2.10. The minimum absolute atomic E-state index is 0.159. The second-order valence-corrected chi connectivity index (χ2v) is 6.60. The van der Waals surface area contributed by atoms with E-state index in [0.717, 1.165) is 12.8 Å². The second kappa shape index (κ2) is 25.1. The zero-order chi connectivity index (χ0) is 19.9. The number of hydrogen-bond donors (Lipinski definition) is 2. The number of unbranched alkanes of at least 4 members (excludes halogenated alkanes) is 8. The van der Waals surface area contributed by atoms with Gasteiger partial charge in [0.05, 0.1) is 0 Å². The lowest BCUT2D eigenvalue weighted by atomic mass is 10.1. The van der Waals surface area contributed by atoms with Crippen molar-refractivity contribution in [3.63, 3.8) is 0 Å². The van der Waals surface area contributed by atoms with Gasteiger partial charge in [-0.2, -0.15) is 0 Å². The monoisotopic (exact) mass is 360 g/mol. The molecule has 0 aliphatic heterocycles. The van der Waals surface area contributed by atoms with Crippen molar-refractivity contribution in [1.82, 2.24) is 4.90 Å². The molecule has 0 radical (unpaired) electrons. The molecule has 0 aromatic rings. The molecule has 0 spiro atoms. The fourth-order valence-corrected chi connectivity index (χ4v) is 2.06. The Morgan fingerprint density at radius 2 is 1.20 bits per heavy atom. The van der Waals surface area contributed by atoms with Gasteiger partial charge >= 0.3 is 5.97 Å². The molecule has 1 amide bonds. The Morgan fingerprint density at radius 3 is 1.44 bits per heavy atom. The molecule has 0 bridgehead atoms. The average molecular weight is 361 g/mol. The minimum atomic E-state index is -0.745. The number of nitrogens with zero attached hydrogens (tertiary/aromatic N) is 1. The summed E-state index contributed by atoms with van der Waals surface area (Å²) in [6, 6.07) is 0. The van der Waals surface area contributed by atoms with E-state index in [1.165, 1.54) is 57.9 Å². The number of carboxylic acids is 1. The lowest BCUT2D eigenvalue weighted by molar-refractivity contribution is -0.136. The predicted molar refractivity (Wildman–Crippen MR) is 108 cm³/mol. The number of carbonyl (C=O) groups is 2. The van der Waals surface area contributed by atoms with Crippen LogP contribution in [0.1, 0.15) is 97.8 Å². The Bertz CT molecular complexity index is 282. The summed E-state index contributed by atoms with van der Waals surface area (Å²) in [6.07, 6.45) is 13.6. The van der Waals surface area contributed by atoms with Gasteiger partial charge < -0.3 is 15.7 Å². The largest absolute Gasteiger partial charge is 0.481 e. The van der Waals surface area contributed by atoms with Crippen molar-refractivity contribution < 1.29 is 14.7 Å². The van der Waals surface area contributed by atoms with Crippen LogP contribution in [0.4, 0.5) is 0 Å². The van der Waals surface area contributed by atoms with E-state index >= 15 is 0 Å². The number of carbonyl (C=O) groups excluding carboxylic acids is 1. The van der Waals surface area contributed by atoms with Crippen LogP contribution in [-0.2, 0) is 9.59 Å². The summed E-state index contributed by atoms with van der Waals surface area (Å²) in [7, 11) is 4.17. The molecule has 0 aromatic heterocycles. The van der Waals surface area contributed by atoms with E-state index in [0.29, 0.717) is 6.42 Å². The van der Waals surface area contributed by atoms with Crippen molar-refractivity contribution >= 4 is 11.9 Å². The number of carboxylic acid groups (broad SMARTS) is 1. The molecular formula is C20H44N2O3. The van der Waals surface area contributed by atoms with Gasteiger partial charge in [-0.25, -0.2) is 0 Å². The Labute approximate surface area is 156 Å². The first-order chi connectivity index (χ1) is 11.8. The highest BCUT2D eigenvalue weighted by molar-refractivity contribution is 5.73. The van der Waals surface area contributed by atoms with Crippen LogP contribution in [0.3, 0.4) is 0 Å². The zero-order valence-electron chi connectivity index (χ0n) is 17.5. The third-order valence-corrected chi connectivity index (χ3v) is 3.50. The van der Waals surface area contributed by atoms with Crippen LogP contribution < -0.4 is 5.73 Å². The maximum atomic E-state index is 10.4. The van der Waals surface area contributed by atoms with E-state index in [9.17, 15) is 9.59 Å². The lowest BCUT2D eigenvalue weighted by Crippen LogP contribution is -2.11. The fraction of sp³-hybridized carbons (Fsp3) is 0.900. The average Bonchev–Trinajstić information content (AvgIpc) is 2.54. The Kier molecular flexibility index (Phi) is 28.9. The maximum absolute atomic E-state index is 10.4. The number of amides is 1. The van der Waals surface area contributed by atoms with Gasteiger partial charge in [-0.3, -0.25) is 9.59 Å². The van der Waals surface area contributed by atoms with Gasteiger partial charge in [-0.05, 0) is 33.5 Å². The van der Waals surface area contributed by atoms with E-state index in [2.05, 4.69) is 32.8 Å². The highest BCUT2D eigenvalue weighted by atomic mass is 16.4. The van der Waals surface area contributed by atoms with E-state index in [4.69, 9.17) is 10.8 Å². The van der Waals surface area contributed by atoms with E-state index in [-0.39, 0.29) is 12.3 Å². The first kappa shape index (κ1) is 28.7. The number of rotatable bonds is 13. The van der Waals surface area contributed by atoms with Crippen LogP contribution in [0.25, 0.3) is 0 Å². The molecule has 0 aromatic carbocycles. The SMILES string of the molecule is CCC(=O)O.CCCCCCCCCCCC(N)=O.CCCN(C)C. The van der Waals surface area contributed by atoms with Crippen LogP contribution in [0.2, 0.25) is 0 Å². The third kappa shape index (κ3) is 45.1. The number of nitrogens with two attached hydrogens (primary N) is 1. The summed E-state index contributed by atoms with van der Waals surface area (Å²) in [4.78, 5) is 22.0. The van der Waals surface area contributed by atoms with Crippen LogP contribution in [0.5, 0.6) is 0 Å². The molecule has 0 aliphatic rings. The summed E-state index contributed by atoms with van der Waals surface area (Å²) < 4.78 is 0. The van der Waals surface area contributed by atoms with Crippen LogP contribution in [0, 0.1) is 0 Å². The Hall–Kier alpha value is -1.10. The molecule has 0 aliphatic carbocycles. The quantitative estimate of drug-likeness (QED) is 0.461. The van der Waals surface area contributed by atoms with Crippen LogP contribution in [0.15, 0.2) is 0 Å². The molecular weight excluding hydrogens is 316 g/mol. The summed E-state index contributed by atoms with van der Waals surface area (Å²) in [5, 5.41) is 7.72. The summed E-state index contributed by atoms with van der Waals surface area (Å²) in [6.45, 7) is 7.23. The third-order valence-electron chi connectivity index (χ3n) is 3.50.